The van der Waals surface area contributed by atoms with Gasteiger partial charge in [0.1, 0.15) is 0 Å². The number of rotatable bonds is 2. The van der Waals surface area contributed by atoms with E-state index in [9.17, 15) is 9.90 Å². The number of aryl methyl sites for hydroxylation is 2. The number of nitrogens with two attached hydrogens (primary N) is 1. The minimum Gasteiger partial charge on any atom is -0.374 e. The van der Waals surface area contributed by atoms with Crippen molar-refractivity contribution in [2.45, 2.75) is 19.4 Å². The maximum Gasteiger partial charge on any atom is 0.255 e. The Morgan fingerprint density at radius 3 is 2.62 bits per heavy atom. The Bertz CT molecular complexity index is 322. The fraction of sp³-hybridized carbons (Fsp3) is 0.500. The van der Waals surface area contributed by atoms with E-state index >= 15 is 0 Å². The van der Waals surface area contributed by atoms with Crippen molar-refractivity contribution >= 4 is 5.91 Å². The first-order chi connectivity index (χ1) is 5.87. The third-order valence-corrected chi connectivity index (χ3v) is 2.06. The number of carbonyl (C=O) groups excluding carboxylic acids is 1. The Kier molecular flexibility index (Phi) is 2.13. The molecule has 0 radical (unpaired) electrons. The van der Waals surface area contributed by atoms with Crippen molar-refractivity contribution in [1.29, 1.82) is 0 Å². The molecule has 72 valence electrons. The fourth-order valence-corrected chi connectivity index (χ4v) is 1.36. The Morgan fingerprint density at radius 1 is 1.77 bits per heavy atom. The van der Waals surface area contributed by atoms with Crippen LogP contribution in [-0.4, -0.2) is 20.6 Å². The summed E-state index contributed by atoms with van der Waals surface area (Å²) in [4.78, 5) is 14.9. The molecule has 0 spiro atoms. The molecular weight excluding hydrogens is 170 g/mol. The lowest BCUT2D eigenvalue weighted by Crippen LogP contribution is -2.40. The molecule has 1 atom stereocenters. The van der Waals surface area contributed by atoms with Crippen LogP contribution in [0.3, 0.4) is 0 Å². The standard InChI is InChI=1S/C8H13N3O2/c1-5-6(11(3)4-10-5)8(2,13)7(9)12/h4,13H,1-3H3,(H2,9,12). The molecule has 3 N–H and O–H groups in total. The van der Waals surface area contributed by atoms with E-state index in [1.54, 1.807) is 18.5 Å². The number of amides is 1. The molecule has 1 aromatic heterocycles. The molecule has 1 heterocycles. The van der Waals surface area contributed by atoms with Crippen molar-refractivity contribution in [3.8, 4) is 0 Å². The molecule has 1 amide bonds. The predicted molar refractivity (Wildman–Crippen MR) is 46.7 cm³/mol. The molecule has 0 aliphatic rings. The Labute approximate surface area is 76.2 Å². The first-order valence-corrected chi connectivity index (χ1v) is 3.88. The van der Waals surface area contributed by atoms with Gasteiger partial charge < -0.3 is 15.4 Å². The van der Waals surface area contributed by atoms with Gasteiger partial charge >= 0.3 is 0 Å². The average Bonchev–Trinajstić information content (AvgIpc) is 2.30. The van der Waals surface area contributed by atoms with E-state index in [4.69, 9.17) is 5.73 Å². The van der Waals surface area contributed by atoms with Gasteiger partial charge in [-0.25, -0.2) is 4.98 Å². The van der Waals surface area contributed by atoms with Gasteiger partial charge in [0, 0.05) is 7.05 Å². The van der Waals surface area contributed by atoms with Crippen LogP contribution in [0.15, 0.2) is 6.33 Å². The summed E-state index contributed by atoms with van der Waals surface area (Å²) in [6.45, 7) is 3.08. The summed E-state index contributed by atoms with van der Waals surface area (Å²) in [6, 6.07) is 0. The molecule has 0 aliphatic carbocycles. The number of aliphatic hydroxyl groups is 1. The molecule has 0 aromatic carbocycles. The Hall–Kier alpha value is -1.36. The minimum absolute atomic E-state index is 0.431. The molecule has 0 aliphatic heterocycles. The molecule has 0 saturated carbocycles. The first-order valence-electron chi connectivity index (χ1n) is 3.88. The van der Waals surface area contributed by atoms with E-state index in [1.165, 1.54) is 13.3 Å². The minimum atomic E-state index is -1.66. The lowest BCUT2D eigenvalue weighted by molar-refractivity contribution is -0.136. The summed E-state index contributed by atoms with van der Waals surface area (Å²) in [5, 5.41) is 9.78. The highest BCUT2D eigenvalue weighted by Gasteiger charge is 2.34. The van der Waals surface area contributed by atoms with Gasteiger partial charge in [-0.3, -0.25) is 4.79 Å². The van der Waals surface area contributed by atoms with Crippen LogP contribution in [0.5, 0.6) is 0 Å². The van der Waals surface area contributed by atoms with E-state index in [2.05, 4.69) is 4.98 Å². The van der Waals surface area contributed by atoms with Crippen LogP contribution in [0.25, 0.3) is 0 Å². The van der Waals surface area contributed by atoms with Gasteiger partial charge in [-0.1, -0.05) is 0 Å². The number of hydrogen-bond acceptors (Lipinski definition) is 3. The second-order valence-electron chi connectivity index (χ2n) is 3.23. The fourth-order valence-electron chi connectivity index (χ4n) is 1.36. The van der Waals surface area contributed by atoms with Gasteiger partial charge in [0.05, 0.1) is 17.7 Å². The maximum absolute atomic E-state index is 11.0. The Balaban J connectivity index is 3.28. The van der Waals surface area contributed by atoms with Crippen LogP contribution >= 0.6 is 0 Å². The SMILES string of the molecule is Cc1ncn(C)c1C(C)(O)C(N)=O. The third kappa shape index (κ3) is 1.42. The van der Waals surface area contributed by atoms with Gasteiger partial charge in [-0.2, -0.15) is 0 Å². The van der Waals surface area contributed by atoms with Crippen LogP contribution < -0.4 is 5.73 Å². The van der Waals surface area contributed by atoms with Crippen molar-refractivity contribution < 1.29 is 9.90 Å². The summed E-state index contributed by atoms with van der Waals surface area (Å²) in [5.74, 6) is -0.779. The monoisotopic (exact) mass is 183 g/mol. The molecular formula is C8H13N3O2. The lowest BCUT2D eigenvalue weighted by atomic mass is 10.00. The molecule has 5 nitrogen and oxygen atoms in total. The van der Waals surface area contributed by atoms with Crippen LogP contribution in [-0.2, 0) is 17.4 Å². The molecule has 0 saturated heterocycles. The van der Waals surface area contributed by atoms with Crippen LogP contribution in [0, 0.1) is 6.92 Å². The lowest BCUT2D eigenvalue weighted by Gasteiger charge is -2.20. The maximum atomic E-state index is 11.0. The van der Waals surface area contributed by atoms with Crippen molar-refractivity contribution in [1.82, 2.24) is 9.55 Å². The topological polar surface area (TPSA) is 81.1 Å². The van der Waals surface area contributed by atoms with E-state index in [0.29, 0.717) is 11.4 Å². The van der Waals surface area contributed by atoms with Crippen molar-refractivity contribution in [3.63, 3.8) is 0 Å². The first kappa shape index (κ1) is 9.73. The zero-order valence-electron chi connectivity index (χ0n) is 7.90. The summed E-state index contributed by atoms with van der Waals surface area (Å²) in [6.07, 6.45) is 1.53. The largest absolute Gasteiger partial charge is 0.374 e. The second kappa shape index (κ2) is 2.85. The number of primary amides is 1. The summed E-state index contributed by atoms with van der Waals surface area (Å²) in [7, 11) is 1.70. The zero-order chi connectivity index (χ0) is 10.2. The number of imidazole rings is 1. The van der Waals surface area contributed by atoms with E-state index < -0.39 is 11.5 Å². The van der Waals surface area contributed by atoms with Gasteiger partial charge in [-0.15, -0.1) is 0 Å². The van der Waals surface area contributed by atoms with Gasteiger partial charge in [0.15, 0.2) is 5.60 Å². The highest BCUT2D eigenvalue weighted by Crippen LogP contribution is 2.21. The number of hydrogen-bond donors (Lipinski definition) is 2. The second-order valence-corrected chi connectivity index (χ2v) is 3.23. The number of nitrogens with zero attached hydrogens (tertiary/aromatic N) is 2. The third-order valence-electron chi connectivity index (χ3n) is 2.06. The quantitative estimate of drug-likeness (QED) is 0.643. The summed E-state index contributed by atoms with van der Waals surface area (Å²) < 4.78 is 1.58. The molecule has 1 aromatic rings. The van der Waals surface area contributed by atoms with Crippen LogP contribution in [0.1, 0.15) is 18.3 Å². The van der Waals surface area contributed by atoms with Crippen molar-refractivity contribution in [2.24, 2.45) is 12.8 Å². The van der Waals surface area contributed by atoms with Crippen LogP contribution in [0.2, 0.25) is 0 Å². The van der Waals surface area contributed by atoms with Crippen molar-refractivity contribution in [3.05, 3.63) is 17.7 Å². The average molecular weight is 183 g/mol. The molecule has 0 fully saturated rings. The molecule has 5 heteroatoms. The van der Waals surface area contributed by atoms with Crippen LogP contribution in [0.4, 0.5) is 0 Å². The zero-order valence-corrected chi connectivity index (χ0v) is 7.90. The molecule has 0 bridgehead atoms. The molecule has 13 heavy (non-hydrogen) atoms. The van der Waals surface area contributed by atoms with Gasteiger partial charge in [0.25, 0.3) is 5.91 Å². The Morgan fingerprint density at radius 2 is 2.31 bits per heavy atom. The number of aromatic nitrogens is 2. The summed E-state index contributed by atoms with van der Waals surface area (Å²) >= 11 is 0. The summed E-state index contributed by atoms with van der Waals surface area (Å²) in [5.41, 5.74) is 4.45. The van der Waals surface area contributed by atoms with E-state index in [-0.39, 0.29) is 0 Å². The van der Waals surface area contributed by atoms with E-state index in [0.717, 1.165) is 0 Å². The molecule has 1 unspecified atom stereocenters. The van der Waals surface area contributed by atoms with Gasteiger partial charge in [0.2, 0.25) is 0 Å². The molecule has 1 rings (SSSR count). The van der Waals surface area contributed by atoms with Gasteiger partial charge in [-0.05, 0) is 13.8 Å². The highest BCUT2D eigenvalue weighted by atomic mass is 16.3. The number of carbonyl (C=O) groups is 1. The smallest absolute Gasteiger partial charge is 0.255 e. The van der Waals surface area contributed by atoms with Crippen molar-refractivity contribution in [2.75, 3.05) is 0 Å². The highest BCUT2D eigenvalue weighted by molar-refractivity contribution is 5.83. The van der Waals surface area contributed by atoms with E-state index in [1.807, 2.05) is 0 Å². The predicted octanol–water partition coefficient (Wildman–Crippen LogP) is -0.579. The normalized spacial score (nSPS) is 15.4.